The zero-order chi connectivity index (χ0) is 12.8. The summed E-state index contributed by atoms with van der Waals surface area (Å²) in [4.78, 5) is 16.2. The van der Waals surface area contributed by atoms with E-state index >= 15 is 0 Å². The van der Waals surface area contributed by atoms with Gasteiger partial charge in [0.1, 0.15) is 11.3 Å². The van der Waals surface area contributed by atoms with E-state index in [9.17, 15) is 4.79 Å². The first-order valence-corrected chi connectivity index (χ1v) is 6.47. The lowest BCUT2D eigenvalue weighted by atomic mass is 10.0. The number of carbonyl (C=O) groups excluding carboxylic acids is 1. The number of esters is 1. The van der Waals surface area contributed by atoms with Crippen LogP contribution in [0.25, 0.3) is 0 Å². The fourth-order valence-electron chi connectivity index (χ4n) is 2.70. The van der Waals surface area contributed by atoms with Gasteiger partial charge in [-0.25, -0.2) is 4.79 Å². The van der Waals surface area contributed by atoms with E-state index in [4.69, 9.17) is 9.47 Å². The van der Waals surface area contributed by atoms with Crippen LogP contribution in [0.3, 0.4) is 0 Å². The van der Waals surface area contributed by atoms with Crippen molar-refractivity contribution in [3.05, 3.63) is 23.5 Å². The van der Waals surface area contributed by atoms with Crippen LogP contribution in [0, 0.1) is 0 Å². The lowest BCUT2D eigenvalue weighted by Crippen LogP contribution is -2.39. The summed E-state index contributed by atoms with van der Waals surface area (Å²) in [6.07, 6.45) is 6.47. The fraction of sp³-hybridized carbons (Fsp3) is 0.571. The van der Waals surface area contributed by atoms with Gasteiger partial charge in [-0.05, 0) is 12.8 Å². The molecule has 96 valence electrons. The van der Waals surface area contributed by atoms with Crippen molar-refractivity contribution in [2.45, 2.75) is 51.2 Å². The molecule has 1 saturated carbocycles. The molecule has 1 aromatic rings. The second-order valence-electron chi connectivity index (χ2n) is 5.48. The Morgan fingerprint density at radius 3 is 2.72 bits per heavy atom. The highest BCUT2D eigenvalue weighted by Gasteiger charge is 2.34. The molecule has 2 heterocycles. The van der Waals surface area contributed by atoms with Gasteiger partial charge in [0, 0.05) is 37.7 Å². The number of pyridine rings is 1. The Morgan fingerprint density at radius 2 is 2.00 bits per heavy atom. The third-order valence-electron chi connectivity index (χ3n) is 3.57. The van der Waals surface area contributed by atoms with Gasteiger partial charge >= 0.3 is 5.97 Å². The maximum absolute atomic E-state index is 11.8. The monoisotopic (exact) mass is 247 g/mol. The smallest absolute Gasteiger partial charge is 0.346 e. The minimum atomic E-state index is -0.890. The van der Waals surface area contributed by atoms with E-state index in [-0.39, 0.29) is 5.97 Å². The van der Waals surface area contributed by atoms with Gasteiger partial charge < -0.3 is 9.47 Å². The molecule has 0 amide bonds. The highest BCUT2D eigenvalue weighted by Crippen LogP contribution is 2.37. The fourth-order valence-corrected chi connectivity index (χ4v) is 2.70. The maximum atomic E-state index is 11.8. The van der Waals surface area contributed by atoms with Crippen molar-refractivity contribution in [1.29, 1.82) is 0 Å². The number of aromatic nitrogens is 1. The molecule has 0 radical (unpaired) electrons. The van der Waals surface area contributed by atoms with Crippen molar-refractivity contribution < 1.29 is 14.3 Å². The van der Waals surface area contributed by atoms with Gasteiger partial charge in [0.05, 0.1) is 0 Å². The predicted molar refractivity (Wildman–Crippen MR) is 65.6 cm³/mol. The number of cyclic esters (lactones) is 1. The van der Waals surface area contributed by atoms with Crippen LogP contribution >= 0.6 is 0 Å². The van der Waals surface area contributed by atoms with E-state index in [1.165, 1.54) is 25.7 Å². The molecule has 0 spiro atoms. The van der Waals surface area contributed by atoms with Crippen LogP contribution in [0.2, 0.25) is 0 Å². The Balaban J connectivity index is 1.96. The normalized spacial score (nSPS) is 22.2. The molecule has 2 aliphatic rings. The molecule has 0 saturated heterocycles. The summed E-state index contributed by atoms with van der Waals surface area (Å²) in [5.74, 6) is -0.127. The van der Waals surface area contributed by atoms with E-state index in [1.54, 1.807) is 20.0 Å². The topological polar surface area (TPSA) is 48.4 Å². The zero-order valence-electron chi connectivity index (χ0n) is 10.7. The Morgan fingerprint density at radius 1 is 1.28 bits per heavy atom. The van der Waals surface area contributed by atoms with Gasteiger partial charge in [-0.2, -0.15) is 0 Å². The van der Waals surface area contributed by atoms with Gasteiger partial charge in [-0.3, -0.25) is 4.98 Å². The van der Waals surface area contributed by atoms with Crippen LogP contribution in [0.4, 0.5) is 0 Å². The van der Waals surface area contributed by atoms with Crippen molar-refractivity contribution >= 4 is 5.97 Å². The summed E-state index contributed by atoms with van der Waals surface area (Å²) < 4.78 is 10.9. The average Bonchev–Trinajstić information content (AvgIpc) is 2.79. The maximum Gasteiger partial charge on any atom is 0.346 e. The number of nitrogens with zero attached hydrogens (tertiary/aromatic N) is 1. The van der Waals surface area contributed by atoms with E-state index < -0.39 is 5.79 Å². The molecule has 1 aliphatic carbocycles. The summed E-state index contributed by atoms with van der Waals surface area (Å²) in [6, 6.07) is 1.91. The Bertz CT molecular complexity index is 490. The summed E-state index contributed by atoms with van der Waals surface area (Å²) >= 11 is 0. The summed E-state index contributed by atoms with van der Waals surface area (Å²) in [5, 5.41) is 0. The van der Waals surface area contributed by atoms with E-state index in [0.717, 1.165) is 5.69 Å². The average molecular weight is 247 g/mol. The minimum Gasteiger partial charge on any atom is -0.452 e. The van der Waals surface area contributed by atoms with Crippen LogP contribution in [-0.4, -0.2) is 16.7 Å². The standard InChI is InChI=1S/C14H17NO3/c1-14(2)17-12-7-11(9-5-3-4-6-9)15-8-10(12)13(16)18-14/h7-9H,3-6H2,1-2H3. The molecule has 1 aliphatic heterocycles. The number of hydrogen-bond acceptors (Lipinski definition) is 4. The van der Waals surface area contributed by atoms with Crippen LogP contribution in [0.15, 0.2) is 12.3 Å². The van der Waals surface area contributed by atoms with Gasteiger partial charge in [0.2, 0.25) is 5.79 Å². The van der Waals surface area contributed by atoms with Gasteiger partial charge in [0.15, 0.2) is 0 Å². The predicted octanol–water partition coefficient (Wildman–Crippen LogP) is 3.02. The summed E-state index contributed by atoms with van der Waals surface area (Å²) in [6.45, 7) is 3.48. The second kappa shape index (κ2) is 3.97. The van der Waals surface area contributed by atoms with E-state index in [0.29, 0.717) is 17.2 Å². The minimum absolute atomic E-state index is 0.355. The molecule has 0 N–H and O–H groups in total. The third-order valence-corrected chi connectivity index (χ3v) is 3.57. The van der Waals surface area contributed by atoms with Crippen LogP contribution in [0.5, 0.6) is 5.75 Å². The highest BCUT2D eigenvalue weighted by molar-refractivity contribution is 5.93. The van der Waals surface area contributed by atoms with Gasteiger partial charge in [-0.15, -0.1) is 0 Å². The lowest BCUT2D eigenvalue weighted by molar-refractivity contribution is -0.127. The zero-order valence-corrected chi connectivity index (χ0v) is 10.7. The summed E-state index contributed by atoms with van der Waals surface area (Å²) in [7, 11) is 0. The van der Waals surface area contributed by atoms with Crippen molar-refractivity contribution in [2.75, 3.05) is 0 Å². The quantitative estimate of drug-likeness (QED) is 0.716. The molecule has 0 bridgehead atoms. The van der Waals surface area contributed by atoms with Gasteiger partial charge in [0.25, 0.3) is 0 Å². The molecule has 1 fully saturated rings. The number of carbonyl (C=O) groups is 1. The second-order valence-corrected chi connectivity index (χ2v) is 5.48. The van der Waals surface area contributed by atoms with Crippen LogP contribution in [0.1, 0.15) is 61.5 Å². The summed E-state index contributed by atoms with van der Waals surface area (Å²) in [5.41, 5.74) is 1.47. The molecular formula is C14H17NO3. The molecule has 18 heavy (non-hydrogen) atoms. The molecule has 4 heteroatoms. The van der Waals surface area contributed by atoms with Crippen LogP contribution in [-0.2, 0) is 4.74 Å². The first-order valence-electron chi connectivity index (χ1n) is 6.47. The molecular weight excluding hydrogens is 230 g/mol. The van der Waals surface area contributed by atoms with E-state index in [2.05, 4.69) is 4.98 Å². The number of rotatable bonds is 1. The molecule has 1 aromatic heterocycles. The first kappa shape index (κ1) is 11.5. The number of hydrogen-bond donors (Lipinski definition) is 0. The first-order chi connectivity index (χ1) is 8.55. The number of ether oxygens (including phenoxy) is 2. The molecule has 4 nitrogen and oxygen atoms in total. The molecule has 0 atom stereocenters. The van der Waals surface area contributed by atoms with E-state index in [1.807, 2.05) is 6.07 Å². The van der Waals surface area contributed by atoms with Crippen molar-refractivity contribution in [3.63, 3.8) is 0 Å². The Labute approximate surface area is 106 Å². The third kappa shape index (κ3) is 1.96. The largest absolute Gasteiger partial charge is 0.452 e. The highest BCUT2D eigenvalue weighted by atomic mass is 16.7. The van der Waals surface area contributed by atoms with Crippen LogP contribution < -0.4 is 4.74 Å². The Hall–Kier alpha value is -1.58. The Kier molecular flexibility index (Phi) is 2.54. The number of fused-ring (bicyclic) bond motifs is 1. The molecule has 3 rings (SSSR count). The van der Waals surface area contributed by atoms with Gasteiger partial charge in [-0.1, -0.05) is 12.8 Å². The van der Waals surface area contributed by atoms with Crippen molar-refractivity contribution in [1.82, 2.24) is 4.98 Å². The van der Waals surface area contributed by atoms with Crippen molar-refractivity contribution in [3.8, 4) is 5.75 Å². The SMILES string of the molecule is CC1(C)OC(=O)c2cnc(C3CCCC3)cc2O1. The lowest BCUT2D eigenvalue weighted by Gasteiger charge is -2.31. The van der Waals surface area contributed by atoms with Crippen molar-refractivity contribution in [2.24, 2.45) is 0 Å². The molecule has 0 aromatic carbocycles. The molecule has 0 unspecified atom stereocenters.